The smallest absolute Gasteiger partial charge is 0.389 e. The van der Waals surface area contributed by atoms with Gasteiger partial charge in [0.1, 0.15) is 17.5 Å². The van der Waals surface area contributed by atoms with Crippen molar-refractivity contribution < 1.29 is 17.9 Å². The highest BCUT2D eigenvalue weighted by molar-refractivity contribution is 5.66. The average Bonchev–Trinajstić information content (AvgIpc) is 2.90. The van der Waals surface area contributed by atoms with Gasteiger partial charge in [-0.25, -0.2) is 5.10 Å². The number of aryl methyl sites for hydroxylation is 1. The van der Waals surface area contributed by atoms with E-state index in [1.54, 1.807) is 18.2 Å². The Morgan fingerprint density at radius 3 is 2.77 bits per heavy atom. The molecule has 0 amide bonds. The number of halogens is 3. The number of aromatic nitrogens is 3. The Hall–Kier alpha value is -2.56. The number of nitriles is 1. The largest absolute Gasteiger partial charge is 0.494 e. The van der Waals surface area contributed by atoms with Crippen molar-refractivity contribution in [1.82, 2.24) is 15.4 Å². The molecule has 0 aliphatic carbocycles. The number of hydrogen-bond acceptors (Lipinski definition) is 4. The van der Waals surface area contributed by atoms with Gasteiger partial charge in [0.15, 0.2) is 5.69 Å². The summed E-state index contributed by atoms with van der Waals surface area (Å²) >= 11 is 0. The number of rotatable bonds is 5. The zero-order valence-electron chi connectivity index (χ0n) is 11.7. The van der Waals surface area contributed by atoms with Crippen LogP contribution in [0.15, 0.2) is 18.2 Å². The summed E-state index contributed by atoms with van der Waals surface area (Å²) < 4.78 is 41.6. The van der Waals surface area contributed by atoms with Crippen LogP contribution in [-0.2, 0) is 0 Å². The van der Waals surface area contributed by atoms with Gasteiger partial charge in [-0.3, -0.25) is 0 Å². The number of H-pyrrole nitrogens is 1. The van der Waals surface area contributed by atoms with E-state index >= 15 is 0 Å². The summed E-state index contributed by atoms with van der Waals surface area (Å²) in [6, 6.07) is 7.06. The molecule has 22 heavy (non-hydrogen) atoms. The molecule has 5 nitrogen and oxygen atoms in total. The first kappa shape index (κ1) is 15.8. The number of hydrogen-bond donors (Lipinski definition) is 1. The molecule has 2 rings (SSSR count). The van der Waals surface area contributed by atoms with Crippen LogP contribution in [0.1, 0.15) is 24.1 Å². The predicted octanol–water partition coefficient (Wildman–Crippen LogP) is 3.37. The quantitative estimate of drug-likeness (QED) is 0.859. The molecular formula is C14H13F3N4O. The van der Waals surface area contributed by atoms with Crippen molar-refractivity contribution in [2.75, 3.05) is 6.61 Å². The van der Waals surface area contributed by atoms with Gasteiger partial charge in [0.25, 0.3) is 0 Å². The number of alkyl halides is 3. The first-order valence-electron chi connectivity index (χ1n) is 6.52. The Labute approximate surface area is 124 Å². The topological polar surface area (TPSA) is 74.6 Å². The van der Waals surface area contributed by atoms with E-state index in [9.17, 15) is 13.2 Å². The molecule has 8 heteroatoms. The van der Waals surface area contributed by atoms with E-state index in [1.165, 1.54) is 0 Å². The second kappa shape index (κ2) is 6.47. The SMILES string of the molecule is Cc1cc(OCCCC(F)(F)F)cc(-c2nn[nH]c2C#N)c1. The van der Waals surface area contributed by atoms with Gasteiger partial charge in [-0.05, 0) is 37.1 Å². The van der Waals surface area contributed by atoms with Crippen LogP contribution >= 0.6 is 0 Å². The van der Waals surface area contributed by atoms with Gasteiger partial charge in [0.2, 0.25) is 0 Å². The molecule has 1 N–H and O–H groups in total. The fourth-order valence-electron chi connectivity index (χ4n) is 1.94. The van der Waals surface area contributed by atoms with Crippen molar-refractivity contribution in [2.24, 2.45) is 0 Å². The fraction of sp³-hybridized carbons (Fsp3) is 0.357. The molecule has 0 aliphatic rings. The van der Waals surface area contributed by atoms with E-state index in [2.05, 4.69) is 15.4 Å². The molecule has 0 atom stereocenters. The fourth-order valence-corrected chi connectivity index (χ4v) is 1.94. The Kier molecular flexibility index (Phi) is 4.65. The minimum atomic E-state index is -4.18. The van der Waals surface area contributed by atoms with E-state index in [1.807, 2.05) is 13.0 Å². The van der Waals surface area contributed by atoms with Crippen LogP contribution in [0.3, 0.4) is 0 Å². The molecule has 1 aromatic heterocycles. The summed E-state index contributed by atoms with van der Waals surface area (Å²) in [5, 5.41) is 18.8. The molecule has 0 aliphatic heterocycles. The highest BCUT2D eigenvalue weighted by atomic mass is 19.4. The molecule has 0 saturated heterocycles. The third-order valence-corrected chi connectivity index (χ3v) is 2.86. The van der Waals surface area contributed by atoms with Gasteiger partial charge in [-0.15, -0.1) is 5.10 Å². The summed E-state index contributed by atoms with van der Waals surface area (Å²) in [6.45, 7) is 1.78. The molecular weight excluding hydrogens is 297 g/mol. The molecule has 1 aromatic carbocycles. The van der Waals surface area contributed by atoms with Crippen LogP contribution in [0.4, 0.5) is 13.2 Å². The molecule has 0 unspecified atom stereocenters. The standard InChI is InChI=1S/C14H13F3N4O/c1-9-5-10(13-12(8-18)19-21-20-13)7-11(6-9)22-4-2-3-14(15,16)17/h5-7H,2-4H2,1H3,(H,19,20,21). The van der Waals surface area contributed by atoms with Crippen LogP contribution in [0.25, 0.3) is 11.3 Å². The van der Waals surface area contributed by atoms with Gasteiger partial charge >= 0.3 is 6.18 Å². The highest BCUT2D eigenvalue weighted by Gasteiger charge is 2.26. The van der Waals surface area contributed by atoms with E-state index in [-0.39, 0.29) is 18.7 Å². The summed E-state index contributed by atoms with van der Waals surface area (Å²) in [5.41, 5.74) is 2.06. The lowest BCUT2D eigenvalue weighted by molar-refractivity contribution is -0.136. The lowest BCUT2D eigenvalue weighted by Crippen LogP contribution is -2.09. The van der Waals surface area contributed by atoms with Crippen molar-refractivity contribution >= 4 is 0 Å². The van der Waals surface area contributed by atoms with Crippen LogP contribution < -0.4 is 4.74 Å². The van der Waals surface area contributed by atoms with Gasteiger partial charge < -0.3 is 4.74 Å². The maximum absolute atomic E-state index is 12.1. The second-order valence-electron chi connectivity index (χ2n) is 4.75. The first-order chi connectivity index (χ1) is 10.4. The van der Waals surface area contributed by atoms with Crippen LogP contribution in [0.2, 0.25) is 0 Å². The highest BCUT2D eigenvalue weighted by Crippen LogP contribution is 2.27. The van der Waals surface area contributed by atoms with E-state index in [0.29, 0.717) is 17.0 Å². The Balaban J connectivity index is 2.09. The van der Waals surface area contributed by atoms with Crippen molar-refractivity contribution in [3.63, 3.8) is 0 Å². The summed E-state index contributed by atoms with van der Waals surface area (Å²) in [5.74, 6) is 0.434. The van der Waals surface area contributed by atoms with Gasteiger partial charge in [0.05, 0.1) is 6.61 Å². The zero-order chi connectivity index (χ0) is 16.2. The Bertz CT molecular complexity index is 688. The number of nitrogens with zero attached hydrogens (tertiary/aromatic N) is 3. The van der Waals surface area contributed by atoms with Gasteiger partial charge in [0, 0.05) is 12.0 Å². The Morgan fingerprint density at radius 2 is 2.09 bits per heavy atom. The molecule has 0 radical (unpaired) electrons. The normalized spacial score (nSPS) is 11.2. The summed E-state index contributed by atoms with van der Waals surface area (Å²) in [4.78, 5) is 0. The molecule has 0 spiro atoms. The summed E-state index contributed by atoms with van der Waals surface area (Å²) in [6.07, 6.45) is -5.17. The second-order valence-corrected chi connectivity index (χ2v) is 4.75. The van der Waals surface area contributed by atoms with Crippen LogP contribution in [0, 0.1) is 18.3 Å². The maximum Gasteiger partial charge on any atom is 0.389 e. The molecule has 0 fully saturated rings. The van der Waals surface area contributed by atoms with Crippen molar-refractivity contribution in [3.8, 4) is 23.1 Å². The lowest BCUT2D eigenvalue weighted by Gasteiger charge is -2.10. The molecule has 0 saturated carbocycles. The van der Waals surface area contributed by atoms with Crippen molar-refractivity contribution in [2.45, 2.75) is 25.9 Å². The molecule has 2 aromatic rings. The number of nitrogens with one attached hydrogen (secondary N) is 1. The molecule has 116 valence electrons. The lowest BCUT2D eigenvalue weighted by atomic mass is 10.1. The number of benzene rings is 1. The van der Waals surface area contributed by atoms with Crippen molar-refractivity contribution in [3.05, 3.63) is 29.5 Å². The third-order valence-electron chi connectivity index (χ3n) is 2.86. The molecule has 1 heterocycles. The summed E-state index contributed by atoms with van der Waals surface area (Å²) in [7, 11) is 0. The first-order valence-corrected chi connectivity index (χ1v) is 6.52. The zero-order valence-corrected chi connectivity index (χ0v) is 11.7. The number of aromatic amines is 1. The minimum Gasteiger partial charge on any atom is -0.494 e. The maximum atomic E-state index is 12.1. The minimum absolute atomic E-state index is 0.0354. The predicted molar refractivity (Wildman–Crippen MR) is 72.1 cm³/mol. The van der Waals surface area contributed by atoms with Gasteiger partial charge in [-0.2, -0.15) is 18.4 Å². The Morgan fingerprint density at radius 1 is 1.32 bits per heavy atom. The van der Waals surface area contributed by atoms with Crippen LogP contribution in [-0.4, -0.2) is 28.2 Å². The van der Waals surface area contributed by atoms with E-state index in [4.69, 9.17) is 10.00 Å². The number of ether oxygens (including phenoxy) is 1. The van der Waals surface area contributed by atoms with E-state index < -0.39 is 12.6 Å². The van der Waals surface area contributed by atoms with Gasteiger partial charge in [-0.1, -0.05) is 5.21 Å². The van der Waals surface area contributed by atoms with E-state index in [0.717, 1.165) is 5.56 Å². The third kappa shape index (κ3) is 4.22. The van der Waals surface area contributed by atoms with Crippen LogP contribution in [0.5, 0.6) is 5.75 Å². The monoisotopic (exact) mass is 310 g/mol. The average molecular weight is 310 g/mol. The van der Waals surface area contributed by atoms with Crippen molar-refractivity contribution in [1.29, 1.82) is 5.26 Å². The molecule has 0 bridgehead atoms.